The van der Waals surface area contributed by atoms with Gasteiger partial charge in [0, 0.05) is 38.5 Å². The summed E-state index contributed by atoms with van der Waals surface area (Å²) in [5.74, 6) is 0.382. The number of amides is 2. The molecule has 192 valence electrons. The zero-order valence-corrected chi connectivity index (χ0v) is 21.4. The van der Waals surface area contributed by atoms with Crippen LogP contribution < -0.4 is 4.74 Å². The fourth-order valence-electron chi connectivity index (χ4n) is 4.59. The molecule has 1 fully saturated rings. The van der Waals surface area contributed by atoms with Crippen molar-refractivity contribution in [2.75, 3.05) is 53.0 Å². The van der Waals surface area contributed by atoms with Gasteiger partial charge in [-0.2, -0.15) is 5.10 Å². The lowest BCUT2D eigenvalue weighted by Gasteiger charge is -2.31. The summed E-state index contributed by atoms with van der Waals surface area (Å²) in [5, 5.41) is 6.35. The van der Waals surface area contributed by atoms with Crippen LogP contribution in [0.4, 0.5) is 0 Å². The van der Waals surface area contributed by atoms with Gasteiger partial charge in [0.25, 0.3) is 5.91 Å². The minimum Gasteiger partial charge on any atom is -0.497 e. The Hall–Kier alpha value is -3.23. The molecule has 2 heterocycles. The topological polar surface area (TPSA) is 74.7 Å². The van der Waals surface area contributed by atoms with Gasteiger partial charge in [0.2, 0.25) is 5.91 Å². The number of morpholine rings is 1. The Morgan fingerprint density at radius 1 is 1.08 bits per heavy atom. The van der Waals surface area contributed by atoms with E-state index in [1.165, 1.54) is 0 Å². The molecular formula is C28H36N4O4. The zero-order valence-electron chi connectivity index (χ0n) is 21.4. The van der Waals surface area contributed by atoms with Crippen molar-refractivity contribution in [1.29, 1.82) is 0 Å². The number of hydrogen-bond donors (Lipinski definition) is 0. The van der Waals surface area contributed by atoms with Crippen LogP contribution in [-0.2, 0) is 14.3 Å². The molecule has 0 radical (unpaired) electrons. The third-order valence-corrected chi connectivity index (χ3v) is 6.70. The number of carbonyl (C=O) groups excluding carboxylic acids is 2. The van der Waals surface area contributed by atoms with Crippen LogP contribution in [0.5, 0.6) is 5.75 Å². The summed E-state index contributed by atoms with van der Waals surface area (Å²) in [7, 11) is 1.64. The van der Waals surface area contributed by atoms with E-state index in [4.69, 9.17) is 14.6 Å². The van der Waals surface area contributed by atoms with Crippen molar-refractivity contribution in [1.82, 2.24) is 14.8 Å². The Bertz CT molecular complexity index is 1050. The van der Waals surface area contributed by atoms with E-state index in [1.807, 2.05) is 68.4 Å². The summed E-state index contributed by atoms with van der Waals surface area (Å²) in [4.78, 5) is 30.7. The van der Waals surface area contributed by atoms with Gasteiger partial charge in [-0.1, -0.05) is 44.2 Å². The van der Waals surface area contributed by atoms with Crippen LogP contribution in [0.25, 0.3) is 0 Å². The van der Waals surface area contributed by atoms with Gasteiger partial charge in [-0.3, -0.25) is 14.5 Å². The molecule has 1 atom stereocenters. The third-order valence-electron chi connectivity index (χ3n) is 6.70. The summed E-state index contributed by atoms with van der Waals surface area (Å²) in [5.41, 5.74) is 2.82. The van der Waals surface area contributed by atoms with Crippen molar-refractivity contribution >= 4 is 17.5 Å². The highest BCUT2D eigenvalue weighted by Gasteiger charge is 2.34. The average molecular weight is 493 g/mol. The SMILES string of the molecule is COc1ccc(C2=NN(C(=O)CN(CCN3CCOCC3)C(=O)C(C)C)[C@H](c3ccccc3)C2)cc1. The summed E-state index contributed by atoms with van der Waals surface area (Å²) < 4.78 is 10.7. The van der Waals surface area contributed by atoms with Crippen molar-refractivity contribution < 1.29 is 19.1 Å². The van der Waals surface area contributed by atoms with Gasteiger partial charge in [-0.05, 0) is 35.4 Å². The lowest BCUT2D eigenvalue weighted by Crippen LogP contribution is -2.47. The first-order valence-corrected chi connectivity index (χ1v) is 12.6. The maximum absolute atomic E-state index is 13.7. The molecule has 0 spiro atoms. The average Bonchev–Trinajstić information content (AvgIpc) is 3.37. The van der Waals surface area contributed by atoms with Crippen molar-refractivity contribution in [3.63, 3.8) is 0 Å². The Labute approximate surface area is 213 Å². The molecule has 0 unspecified atom stereocenters. The highest BCUT2D eigenvalue weighted by molar-refractivity contribution is 6.03. The Balaban J connectivity index is 1.54. The van der Waals surface area contributed by atoms with E-state index < -0.39 is 0 Å². The maximum Gasteiger partial charge on any atom is 0.262 e. The second-order valence-corrected chi connectivity index (χ2v) is 9.51. The molecule has 4 rings (SSSR count). The van der Waals surface area contributed by atoms with Gasteiger partial charge in [-0.15, -0.1) is 0 Å². The monoisotopic (exact) mass is 492 g/mol. The molecular weight excluding hydrogens is 456 g/mol. The fourth-order valence-corrected chi connectivity index (χ4v) is 4.59. The molecule has 2 aliphatic heterocycles. The summed E-state index contributed by atoms with van der Waals surface area (Å²) in [6.07, 6.45) is 0.605. The second-order valence-electron chi connectivity index (χ2n) is 9.51. The molecule has 2 amide bonds. The Kier molecular flexibility index (Phi) is 8.72. The molecule has 8 heteroatoms. The molecule has 1 saturated heterocycles. The van der Waals surface area contributed by atoms with Crippen LogP contribution in [0.1, 0.15) is 37.4 Å². The molecule has 8 nitrogen and oxygen atoms in total. The molecule has 2 aromatic carbocycles. The maximum atomic E-state index is 13.7. The van der Waals surface area contributed by atoms with Crippen molar-refractivity contribution in [3.8, 4) is 5.75 Å². The molecule has 2 aliphatic rings. The Morgan fingerprint density at radius 3 is 2.42 bits per heavy atom. The lowest BCUT2D eigenvalue weighted by atomic mass is 9.98. The highest BCUT2D eigenvalue weighted by Crippen LogP contribution is 2.33. The van der Waals surface area contributed by atoms with E-state index in [0.717, 1.165) is 42.2 Å². The summed E-state index contributed by atoms with van der Waals surface area (Å²) >= 11 is 0. The van der Waals surface area contributed by atoms with E-state index >= 15 is 0 Å². The molecule has 36 heavy (non-hydrogen) atoms. The van der Waals surface area contributed by atoms with Gasteiger partial charge in [0.05, 0.1) is 32.1 Å². The second kappa shape index (κ2) is 12.1. The van der Waals surface area contributed by atoms with Gasteiger partial charge in [0.15, 0.2) is 0 Å². The molecule has 0 saturated carbocycles. The quantitative estimate of drug-likeness (QED) is 0.538. The zero-order chi connectivity index (χ0) is 25.5. The molecule has 0 aliphatic carbocycles. The summed E-state index contributed by atoms with van der Waals surface area (Å²) in [6, 6.07) is 17.5. The van der Waals surface area contributed by atoms with Gasteiger partial charge in [-0.25, -0.2) is 5.01 Å². The number of hydrazone groups is 1. The molecule has 0 aromatic heterocycles. The number of nitrogens with zero attached hydrogens (tertiary/aromatic N) is 4. The fraction of sp³-hybridized carbons (Fsp3) is 0.464. The molecule has 0 bridgehead atoms. The number of benzene rings is 2. The van der Waals surface area contributed by atoms with E-state index in [2.05, 4.69) is 4.90 Å². The van der Waals surface area contributed by atoms with Crippen LogP contribution in [0.15, 0.2) is 59.7 Å². The van der Waals surface area contributed by atoms with Crippen molar-refractivity contribution in [2.45, 2.75) is 26.3 Å². The van der Waals surface area contributed by atoms with Crippen LogP contribution in [-0.4, -0.2) is 85.4 Å². The summed E-state index contributed by atoms with van der Waals surface area (Å²) in [6.45, 7) is 8.06. The number of ether oxygens (including phenoxy) is 2. The van der Waals surface area contributed by atoms with Gasteiger partial charge < -0.3 is 14.4 Å². The highest BCUT2D eigenvalue weighted by atomic mass is 16.5. The van der Waals surface area contributed by atoms with E-state index in [1.54, 1.807) is 17.0 Å². The third kappa shape index (κ3) is 6.30. The van der Waals surface area contributed by atoms with Crippen LogP contribution in [0.2, 0.25) is 0 Å². The largest absolute Gasteiger partial charge is 0.497 e. The van der Waals surface area contributed by atoms with Gasteiger partial charge in [0.1, 0.15) is 12.3 Å². The van der Waals surface area contributed by atoms with E-state index in [-0.39, 0.29) is 30.3 Å². The van der Waals surface area contributed by atoms with Crippen molar-refractivity contribution in [2.24, 2.45) is 11.0 Å². The molecule has 2 aromatic rings. The van der Waals surface area contributed by atoms with Crippen LogP contribution in [0.3, 0.4) is 0 Å². The number of carbonyl (C=O) groups is 2. The first-order valence-electron chi connectivity index (χ1n) is 12.6. The normalized spacial score (nSPS) is 18.3. The minimum atomic E-state index is -0.217. The van der Waals surface area contributed by atoms with E-state index in [9.17, 15) is 9.59 Å². The number of rotatable bonds is 9. The van der Waals surface area contributed by atoms with E-state index in [0.29, 0.717) is 26.2 Å². The van der Waals surface area contributed by atoms with Gasteiger partial charge >= 0.3 is 0 Å². The first kappa shape index (κ1) is 25.9. The minimum absolute atomic E-state index is 0.00405. The standard InChI is InChI=1S/C28H36N4O4/c1-21(2)28(34)31(14-13-30-15-17-36-18-16-30)20-27(33)32-26(23-7-5-4-6-8-23)19-25(29-32)22-9-11-24(35-3)12-10-22/h4-12,21,26H,13-20H2,1-3H3/t26-/m0/s1. The predicted octanol–water partition coefficient (Wildman–Crippen LogP) is 3.19. The first-order chi connectivity index (χ1) is 17.5. The lowest BCUT2D eigenvalue weighted by molar-refractivity contribution is -0.143. The molecule has 0 N–H and O–H groups in total. The van der Waals surface area contributed by atoms with Crippen LogP contribution in [0, 0.1) is 5.92 Å². The number of methoxy groups -OCH3 is 1. The Morgan fingerprint density at radius 2 is 1.78 bits per heavy atom. The predicted molar refractivity (Wildman–Crippen MR) is 139 cm³/mol. The smallest absolute Gasteiger partial charge is 0.262 e. The van der Waals surface area contributed by atoms with Crippen LogP contribution >= 0.6 is 0 Å². The van der Waals surface area contributed by atoms with Crippen molar-refractivity contribution in [3.05, 3.63) is 65.7 Å². The number of hydrogen-bond acceptors (Lipinski definition) is 6.